The Hall–Kier alpha value is -2.90. The van der Waals surface area contributed by atoms with Crippen molar-refractivity contribution in [3.63, 3.8) is 0 Å². The van der Waals surface area contributed by atoms with Crippen LogP contribution in [0.3, 0.4) is 0 Å². The number of rotatable bonds is 7. The first-order chi connectivity index (χ1) is 13.2. The van der Waals surface area contributed by atoms with Gasteiger partial charge < -0.3 is 19.7 Å². The SMILES string of the molecule is CCN(Cc1ccccc1C)C(=O)Nc1ccc(OC)c(OCC(F)(F)F)c1. The Bertz CT molecular complexity index is 810. The summed E-state index contributed by atoms with van der Waals surface area (Å²) in [7, 11) is 1.33. The molecule has 0 saturated carbocycles. The van der Waals surface area contributed by atoms with Crippen LogP contribution in [0.25, 0.3) is 0 Å². The van der Waals surface area contributed by atoms with E-state index >= 15 is 0 Å². The number of alkyl halides is 3. The van der Waals surface area contributed by atoms with Crippen molar-refractivity contribution < 1.29 is 27.4 Å². The summed E-state index contributed by atoms with van der Waals surface area (Å²) in [6, 6.07) is 11.7. The van der Waals surface area contributed by atoms with Crippen molar-refractivity contribution in [1.29, 1.82) is 0 Å². The normalized spacial score (nSPS) is 11.1. The smallest absolute Gasteiger partial charge is 0.422 e. The molecule has 0 radical (unpaired) electrons. The van der Waals surface area contributed by atoms with Crippen LogP contribution in [0.5, 0.6) is 11.5 Å². The third kappa shape index (κ3) is 6.07. The molecule has 0 spiro atoms. The highest BCUT2D eigenvalue weighted by molar-refractivity contribution is 5.89. The van der Waals surface area contributed by atoms with Crippen LogP contribution in [0.4, 0.5) is 23.7 Å². The molecule has 2 aromatic rings. The second-order valence-corrected chi connectivity index (χ2v) is 6.14. The van der Waals surface area contributed by atoms with Gasteiger partial charge in [-0.05, 0) is 37.1 Å². The lowest BCUT2D eigenvalue weighted by atomic mass is 10.1. The van der Waals surface area contributed by atoms with Gasteiger partial charge in [-0.2, -0.15) is 13.2 Å². The molecule has 5 nitrogen and oxygen atoms in total. The zero-order valence-corrected chi connectivity index (χ0v) is 16.0. The van der Waals surface area contributed by atoms with Crippen LogP contribution in [0.15, 0.2) is 42.5 Å². The van der Waals surface area contributed by atoms with E-state index in [1.54, 1.807) is 11.0 Å². The molecule has 1 N–H and O–H groups in total. The van der Waals surface area contributed by atoms with Crippen molar-refractivity contribution in [2.75, 3.05) is 25.6 Å². The summed E-state index contributed by atoms with van der Waals surface area (Å²) in [4.78, 5) is 14.2. The van der Waals surface area contributed by atoms with E-state index in [4.69, 9.17) is 9.47 Å². The van der Waals surface area contributed by atoms with E-state index < -0.39 is 12.8 Å². The first-order valence-electron chi connectivity index (χ1n) is 8.71. The Morgan fingerprint density at radius 2 is 1.86 bits per heavy atom. The lowest BCUT2D eigenvalue weighted by Crippen LogP contribution is -2.34. The van der Waals surface area contributed by atoms with Gasteiger partial charge in [0.05, 0.1) is 7.11 Å². The Kier molecular flexibility index (Phi) is 7.14. The van der Waals surface area contributed by atoms with E-state index in [1.807, 2.05) is 38.1 Å². The maximum atomic E-state index is 12.6. The van der Waals surface area contributed by atoms with Crippen molar-refractivity contribution in [1.82, 2.24) is 4.90 Å². The van der Waals surface area contributed by atoms with Gasteiger partial charge in [0.15, 0.2) is 18.1 Å². The largest absolute Gasteiger partial charge is 0.493 e. The van der Waals surface area contributed by atoms with Gasteiger partial charge in [0, 0.05) is 24.8 Å². The van der Waals surface area contributed by atoms with Crippen molar-refractivity contribution in [2.45, 2.75) is 26.6 Å². The molecule has 0 bridgehead atoms. The van der Waals surface area contributed by atoms with E-state index in [0.29, 0.717) is 18.8 Å². The first-order valence-corrected chi connectivity index (χ1v) is 8.71. The molecule has 0 aliphatic rings. The predicted octanol–water partition coefficient (Wildman–Crippen LogP) is 5.00. The number of nitrogens with one attached hydrogen (secondary N) is 1. The maximum absolute atomic E-state index is 12.6. The van der Waals surface area contributed by atoms with Gasteiger partial charge in [0.2, 0.25) is 0 Å². The standard InChI is InChI=1S/C20H23F3N2O3/c1-4-25(12-15-8-6-5-7-14(15)2)19(26)24-16-9-10-17(27-3)18(11-16)28-13-20(21,22)23/h5-11H,4,12-13H2,1-3H3,(H,24,26). The van der Waals surface area contributed by atoms with Crippen LogP contribution < -0.4 is 14.8 Å². The molecule has 2 rings (SSSR count). The summed E-state index contributed by atoms with van der Waals surface area (Å²) in [5.74, 6) is 0.0501. The molecule has 8 heteroatoms. The molecule has 0 unspecified atom stereocenters. The maximum Gasteiger partial charge on any atom is 0.422 e. The van der Waals surface area contributed by atoms with Crippen LogP contribution in [0.1, 0.15) is 18.1 Å². The van der Waals surface area contributed by atoms with E-state index in [9.17, 15) is 18.0 Å². The summed E-state index contributed by atoms with van der Waals surface area (Å²) in [6.07, 6.45) is -4.48. The average molecular weight is 396 g/mol. The number of aryl methyl sites for hydroxylation is 1. The number of hydrogen-bond donors (Lipinski definition) is 1. The van der Waals surface area contributed by atoms with Gasteiger partial charge in [-0.1, -0.05) is 24.3 Å². The highest BCUT2D eigenvalue weighted by Gasteiger charge is 2.29. The van der Waals surface area contributed by atoms with Gasteiger partial charge in [-0.15, -0.1) is 0 Å². The van der Waals surface area contributed by atoms with Crippen LogP contribution >= 0.6 is 0 Å². The van der Waals surface area contributed by atoms with E-state index in [0.717, 1.165) is 11.1 Å². The fraction of sp³-hybridized carbons (Fsp3) is 0.350. The minimum absolute atomic E-state index is 0.0976. The van der Waals surface area contributed by atoms with Gasteiger partial charge in [0.1, 0.15) is 0 Å². The molecule has 28 heavy (non-hydrogen) atoms. The molecular weight excluding hydrogens is 373 g/mol. The summed E-state index contributed by atoms with van der Waals surface area (Å²) in [5.41, 5.74) is 2.40. The fourth-order valence-corrected chi connectivity index (χ4v) is 2.55. The number of nitrogens with zero attached hydrogens (tertiary/aromatic N) is 1. The van der Waals surface area contributed by atoms with E-state index in [2.05, 4.69) is 5.32 Å². The minimum Gasteiger partial charge on any atom is -0.493 e. The number of ether oxygens (including phenoxy) is 2. The van der Waals surface area contributed by atoms with E-state index in [-0.39, 0.29) is 17.5 Å². The summed E-state index contributed by atoms with van der Waals surface area (Å²) in [6.45, 7) is 3.25. The number of anilines is 1. The second-order valence-electron chi connectivity index (χ2n) is 6.14. The van der Waals surface area contributed by atoms with E-state index in [1.165, 1.54) is 19.2 Å². The Morgan fingerprint density at radius 3 is 2.46 bits per heavy atom. The van der Waals surface area contributed by atoms with Gasteiger partial charge in [-0.25, -0.2) is 4.79 Å². The van der Waals surface area contributed by atoms with Crippen molar-refractivity contribution in [3.05, 3.63) is 53.6 Å². The summed E-state index contributed by atoms with van der Waals surface area (Å²) in [5, 5.41) is 2.69. The quantitative estimate of drug-likeness (QED) is 0.717. The Balaban J connectivity index is 2.12. The van der Waals surface area contributed by atoms with Crippen LogP contribution in [-0.2, 0) is 6.54 Å². The third-order valence-electron chi connectivity index (χ3n) is 4.10. The highest BCUT2D eigenvalue weighted by atomic mass is 19.4. The zero-order chi connectivity index (χ0) is 20.7. The molecule has 0 heterocycles. The number of amides is 2. The van der Waals surface area contributed by atoms with Crippen molar-refractivity contribution in [3.8, 4) is 11.5 Å². The number of carbonyl (C=O) groups excluding carboxylic acids is 1. The summed E-state index contributed by atoms with van der Waals surface area (Å²) >= 11 is 0. The number of urea groups is 1. The third-order valence-corrected chi connectivity index (χ3v) is 4.10. The molecule has 0 aliphatic heterocycles. The Labute approximate surface area is 162 Å². The molecule has 2 amide bonds. The molecule has 0 aliphatic carbocycles. The molecule has 2 aromatic carbocycles. The lowest BCUT2D eigenvalue weighted by molar-refractivity contribution is -0.153. The minimum atomic E-state index is -4.48. The molecule has 0 saturated heterocycles. The van der Waals surface area contributed by atoms with Crippen LogP contribution in [-0.4, -0.2) is 37.4 Å². The average Bonchev–Trinajstić information content (AvgIpc) is 2.65. The van der Waals surface area contributed by atoms with Crippen LogP contribution in [0.2, 0.25) is 0 Å². The first kappa shape index (κ1) is 21.4. The molecule has 0 fully saturated rings. The number of benzene rings is 2. The topological polar surface area (TPSA) is 50.8 Å². The van der Waals surface area contributed by atoms with Gasteiger partial charge in [0.25, 0.3) is 0 Å². The number of hydrogen-bond acceptors (Lipinski definition) is 3. The highest BCUT2D eigenvalue weighted by Crippen LogP contribution is 2.31. The predicted molar refractivity (Wildman–Crippen MR) is 101 cm³/mol. The summed E-state index contributed by atoms with van der Waals surface area (Å²) < 4.78 is 47.1. The zero-order valence-electron chi connectivity index (χ0n) is 16.0. The molecule has 152 valence electrons. The molecule has 0 atom stereocenters. The van der Waals surface area contributed by atoms with Gasteiger partial charge >= 0.3 is 12.2 Å². The van der Waals surface area contributed by atoms with Crippen molar-refractivity contribution >= 4 is 11.7 Å². The van der Waals surface area contributed by atoms with Crippen LogP contribution in [0, 0.1) is 6.92 Å². The lowest BCUT2D eigenvalue weighted by Gasteiger charge is -2.23. The fourth-order valence-electron chi connectivity index (χ4n) is 2.55. The number of methoxy groups -OCH3 is 1. The molecular formula is C20H23F3N2O3. The monoisotopic (exact) mass is 396 g/mol. The number of halogens is 3. The second kappa shape index (κ2) is 9.34. The van der Waals surface area contributed by atoms with Crippen molar-refractivity contribution in [2.24, 2.45) is 0 Å². The van der Waals surface area contributed by atoms with Gasteiger partial charge in [-0.3, -0.25) is 0 Å². The molecule has 0 aromatic heterocycles. The Morgan fingerprint density at radius 1 is 1.14 bits per heavy atom. The number of carbonyl (C=O) groups is 1.